The van der Waals surface area contributed by atoms with Crippen molar-refractivity contribution in [1.82, 2.24) is 15.1 Å². The Balaban J connectivity index is 2.12. The predicted molar refractivity (Wildman–Crippen MR) is 66.9 cm³/mol. The molecular formula is C13H19N3O. The van der Waals surface area contributed by atoms with Crippen LogP contribution in [0, 0.1) is 6.92 Å². The summed E-state index contributed by atoms with van der Waals surface area (Å²) < 4.78 is 7.47. The number of rotatable bonds is 5. The van der Waals surface area contributed by atoms with Crippen molar-refractivity contribution in [2.24, 2.45) is 0 Å². The molecule has 2 heterocycles. The van der Waals surface area contributed by atoms with Gasteiger partial charge in [-0.05, 0) is 44.5 Å². The Morgan fingerprint density at radius 2 is 2.35 bits per heavy atom. The first-order chi connectivity index (χ1) is 8.24. The fourth-order valence-electron chi connectivity index (χ4n) is 1.99. The van der Waals surface area contributed by atoms with E-state index < -0.39 is 0 Å². The largest absolute Gasteiger partial charge is 0.467 e. The number of aromatic nitrogens is 2. The third-order valence-corrected chi connectivity index (χ3v) is 3.02. The number of nitrogens with one attached hydrogen (secondary N) is 1. The van der Waals surface area contributed by atoms with Gasteiger partial charge in [-0.25, -0.2) is 0 Å². The van der Waals surface area contributed by atoms with E-state index in [1.54, 1.807) is 6.26 Å². The molecule has 2 rings (SSSR count). The minimum absolute atomic E-state index is 0.208. The quantitative estimate of drug-likeness (QED) is 0.861. The van der Waals surface area contributed by atoms with E-state index in [0.717, 1.165) is 18.7 Å². The Morgan fingerprint density at radius 3 is 2.88 bits per heavy atom. The molecule has 0 aliphatic carbocycles. The standard InChI is InChI=1S/C13H19N3O/c1-4-16-9-11(8-15-16)7-12(14-3)13-10(2)5-6-17-13/h5-6,8-9,12,14H,4,7H2,1-3H3. The fraction of sp³-hybridized carbons (Fsp3) is 0.462. The van der Waals surface area contributed by atoms with Gasteiger partial charge in [-0.1, -0.05) is 0 Å². The normalized spacial score (nSPS) is 12.9. The molecule has 4 nitrogen and oxygen atoms in total. The number of furan rings is 1. The van der Waals surface area contributed by atoms with Crippen LogP contribution in [0.25, 0.3) is 0 Å². The molecule has 17 heavy (non-hydrogen) atoms. The van der Waals surface area contributed by atoms with Gasteiger partial charge in [-0.3, -0.25) is 4.68 Å². The zero-order valence-electron chi connectivity index (χ0n) is 10.6. The third-order valence-electron chi connectivity index (χ3n) is 3.02. The Bertz CT molecular complexity index is 472. The van der Waals surface area contributed by atoms with Gasteiger partial charge in [-0.2, -0.15) is 5.10 Å². The maximum Gasteiger partial charge on any atom is 0.123 e. The number of aryl methyl sites for hydroxylation is 2. The van der Waals surface area contributed by atoms with Gasteiger partial charge >= 0.3 is 0 Å². The highest BCUT2D eigenvalue weighted by atomic mass is 16.3. The van der Waals surface area contributed by atoms with Gasteiger partial charge < -0.3 is 9.73 Å². The molecule has 2 aromatic rings. The van der Waals surface area contributed by atoms with Crippen molar-refractivity contribution in [2.75, 3.05) is 7.05 Å². The monoisotopic (exact) mass is 233 g/mol. The van der Waals surface area contributed by atoms with Crippen LogP contribution in [-0.4, -0.2) is 16.8 Å². The van der Waals surface area contributed by atoms with Gasteiger partial charge in [-0.15, -0.1) is 0 Å². The molecule has 0 aliphatic heterocycles. The van der Waals surface area contributed by atoms with E-state index in [9.17, 15) is 0 Å². The summed E-state index contributed by atoms with van der Waals surface area (Å²) in [6.07, 6.45) is 6.64. The van der Waals surface area contributed by atoms with E-state index in [1.165, 1.54) is 11.1 Å². The Labute approximate surface area is 102 Å². The first-order valence-corrected chi connectivity index (χ1v) is 5.97. The topological polar surface area (TPSA) is 43.0 Å². The van der Waals surface area contributed by atoms with E-state index in [1.807, 2.05) is 24.0 Å². The molecule has 0 amide bonds. The minimum Gasteiger partial charge on any atom is -0.467 e. The lowest BCUT2D eigenvalue weighted by atomic mass is 10.0. The Morgan fingerprint density at radius 1 is 1.53 bits per heavy atom. The smallest absolute Gasteiger partial charge is 0.123 e. The van der Waals surface area contributed by atoms with Crippen LogP contribution in [0.4, 0.5) is 0 Å². The highest BCUT2D eigenvalue weighted by molar-refractivity contribution is 5.20. The van der Waals surface area contributed by atoms with Crippen LogP contribution in [-0.2, 0) is 13.0 Å². The maximum absolute atomic E-state index is 5.53. The van der Waals surface area contributed by atoms with Crippen LogP contribution < -0.4 is 5.32 Å². The highest BCUT2D eigenvalue weighted by Gasteiger charge is 2.16. The maximum atomic E-state index is 5.53. The van der Waals surface area contributed by atoms with Crippen LogP contribution in [0.2, 0.25) is 0 Å². The highest BCUT2D eigenvalue weighted by Crippen LogP contribution is 2.22. The molecule has 0 aliphatic rings. The molecule has 1 N–H and O–H groups in total. The lowest BCUT2D eigenvalue weighted by molar-refractivity contribution is 0.426. The van der Waals surface area contributed by atoms with E-state index >= 15 is 0 Å². The molecule has 1 atom stereocenters. The van der Waals surface area contributed by atoms with E-state index in [-0.39, 0.29) is 6.04 Å². The second kappa shape index (κ2) is 5.19. The molecule has 0 saturated heterocycles. The average molecular weight is 233 g/mol. The Kier molecular flexibility index (Phi) is 3.64. The van der Waals surface area contributed by atoms with E-state index in [0.29, 0.717) is 0 Å². The van der Waals surface area contributed by atoms with Gasteiger partial charge in [0, 0.05) is 12.7 Å². The van der Waals surface area contributed by atoms with Crippen LogP contribution >= 0.6 is 0 Å². The predicted octanol–water partition coefficient (Wildman–Crippen LogP) is 2.31. The summed E-state index contributed by atoms with van der Waals surface area (Å²) >= 11 is 0. The molecule has 0 bridgehead atoms. The second-order valence-electron chi connectivity index (χ2n) is 4.22. The fourth-order valence-corrected chi connectivity index (χ4v) is 1.99. The van der Waals surface area contributed by atoms with Crippen molar-refractivity contribution in [3.63, 3.8) is 0 Å². The molecule has 1 unspecified atom stereocenters. The second-order valence-corrected chi connectivity index (χ2v) is 4.22. The summed E-state index contributed by atoms with van der Waals surface area (Å²) in [5.41, 5.74) is 2.41. The summed E-state index contributed by atoms with van der Waals surface area (Å²) in [6, 6.07) is 2.20. The van der Waals surface area contributed by atoms with Gasteiger partial charge in [0.25, 0.3) is 0 Å². The first kappa shape index (κ1) is 11.9. The lowest BCUT2D eigenvalue weighted by Gasteiger charge is -2.13. The van der Waals surface area contributed by atoms with Crippen molar-refractivity contribution >= 4 is 0 Å². The molecule has 0 radical (unpaired) electrons. The van der Waals surface area contributed by atoms with Crippen molar-refractivity contribution in [3.05, 3.63) is 41.6 Å². The molecule has 0 saturated carbocycles. The van der Waals surface area contributed by atoms with Crippen molar-refractivity contribution in [1.29, 1.82) is 0 Å². The number of hydrogen-bond donors (Lipinski definition) is 1. The van der Waals surface area contributed by atoms with Crippen LogP contribution in [0.3, 0.4) is 0 Å². The van der Waals surface area contributed by atoms with Crippen LogP contribution in [0.5, 0.6) is 0 Å². The number of nitrogens with zero attached hydrogens (tertiary/aromatic N) is 2. The van der Waals surface area contributed by atoms with Crippen molar-refractivity contribution in [3.8, 4) is 0 Å². The van der Waals surface area contributed by atoms with Gasteiger partial charge in [0.05, 0.1) is 18.5 Å². The number of likely N-dealkylation sites (N-methyl/N-ethyl adjacent to an activating group) is 1. The minimum atomic E-state index is 0.208. The molecule has 4 heteroatoms. The summed E-state index contributed by atoms with van der Waals surface area (Å²) in [7, 11) is 1.96. The van der Waals surface area contributed by atoms with Gasteiger partial charge in [0.15, 0.2) is 0 Å². The molecule has 2 aromatic heterocycles. The molecule has 0 spiro atoms. The molecule has 92 valence electrons. The lowest BCUT2D eigenvalue weighted by Crippen LogP contribution is -2.18. The summed E-state index contributed by atoms with van der Waals surface area (Å²) in [6.45, 7) is 5.06. The van der Waals surface area contributed by atoms with E-state index in [2.05, 4.69) is 30.5 Å². The summed E-state index contributed by atoms with van der Waals surface area (Å²) in [5, 5.41) is 7.57. The Hall–Kier alpha value is -1.55. The molecule has 0 fully saturated rings. The zero-order valence-corrected chi connectivity index (χ0v) is 10.6. The SMILES string of the molecule is CCn1cc(CC(NC)c2occc2C)cn1. The molecular weight excluding hydrogens is 214 g/mol. The van der Waals surface area contributed by atoms with Gasteiger partial charge in [0.2, 0.25) is 0 Å². The van der Waals surface area contributed by atoms with Crippen LogP contribution in [0.15, 0.2) is 29.1 Å². The summed E-state index contributed by atoms with van der Waals surface area (Å²) in [5.74, 6) is 1.01. The third kappa shape index (κ3) is 2.58. The first-order valence-electron chi connectivity index (χ1n) is 5.97. The van der Waals surface area contributed by atoms with Crippen molar-refractivity contribution in [2.45, 2.75) is 32.9 Å². The number of hydrogen-bond acceptors (Lipinski definition) is 3. The molecule has 0 aromatic carbocycles. The van der Waals surface area contributed by atoms with Gasteiger partial charge in [0.1, 0.15) is 5.76 Å². The zero-order chi connectivity index (χ0) is 12.3. The van der Waals surface area contributed by atoms with Crippen molar-refractivity contribution < 1.29 is 4.42 Å². The average Bonchev–Trinajstić information content (AvgIpc) is 2.95. The van der Waals surface area contributed by atoms with Crippen LogP contribution in [0.1, 0.15) is 29.9 Å². The summed E-state index contributed by atoms with van der Waals surface area (Å²) in [4.78, 5) is 0. The van der Waals surface area contributed by atoms with E-state index in [4.69, 9.17) is 4.42 Å².